The second kappa shape index (κ2) is 5.61. The first kappa shape index (κ1) is 13.7. The fourth-order valence-corrected chi connectivity index (χ4v) is 2.45. The third kappa shape index (κ3) is 2.78. The quantitative estimate of drug-likeness (QED) is 0.929. The first-order valence-electron chi connectivity index (χ1n) is 6.65. The van der Waals surface area contributed by atoms with Crippen LogP contribution in [-0.4, -0.2) is 39.3 Å². The number of carboxylic acids is 1. The van der Waals surface area contributed by atoms with Gasteiger partial charge in [0.15, 0.2) is 5.69 Å². The van der Waals surface area contributed by atoms with Crippen LogP contribution in [0.25, 0.3) is 11.3 Å². The summed E-state index contributed by atoms with van der Waals surface area (Å²) in [6, 6.07) is 5.64. The van der Waals surface area contributed by atoms with E-state index >= 15 is 0 Å². The molecule has 3 rings (SSSR count). The summed E-state index contributed by atoms with van der Waals surface area (Å²) in [5.74, 6) is -1.24. The summed E-state index contributed by atoms with van der Waals surface area (Å²) in [4.78, 5) is 11.3. The van der Waals surface area contributed by atoms with Crippen LogP contribution in [0.2, 0.25) is 0 Å². The van der Waals surface area contributed by atoms with E-state index in [1.165, 1.54) is 24.3 Å². The highest BCUT2D eigenvalue weighted by Crippen LogP contribution is 2.25. The first-order valence-corrected chi connectivity index (χ1v) is 6.65. The van der Waals surface area contributed by atoms with Crippen molar-refractivity contribution in [3.8, 4) is 11.3 Å². The molecule has 0 radical (unpaired) electrons. The Labute approximate surface area is 120 Å². The monoisotopic (exact) mass is 291 g/mol. The predicted octanol–water partition coefficient (Wildman–Crippen LogP) is 1.82. The summed E-state index contributed by atoms with van der Waals surface area (Å²) in [5, 5.41) is 16.9. The van der Waals surface area contributed by atoms with E-state index in [0.29, 0.717) is 31.0 Å². The molecule has 1 saturated heterocycles. The van der Waals surface area contributed by atoms with Crippen LogP contribution in [-0.2, 0) is 11.3 Å². The van der Waals surface area contributed by atoms with Crippen molar-refractivity contribution in [2.75, 3.05) is 13.2 Å². The zero-order chi connectivity index (χ0) is 14.8. The summed E-state index contributed by atoms with van der Waals surface area (Å²) < 4.78 is 19.9. The van der Waals surface area contributed by atoms with E-state index in [4.69, 9.17) is 4.74 Å². The molecule has 1 aliphatic heterocycles. The van der Waals surface area contributed by atoms with Gasteiger partial charge in [0.1, 0.15) is 11.5 Å². The lowest BCUT2D eigenvalue weighted by molar-refractivity contribution is 0.0691. The van der Waals surface area contributed by atoms with Crippen molar-refractivity contribution in [1.29, 1.82) is 0 Å². The summed E-state index contributed by atoms with van der Waals surface area (Å²) in [6.07, 6.45) is 0.908. The molecule has 6 nitrogen and oxygen atoms in total. The highest BCUT2D eigenvalue weighted by Gasteiger charge is 2.24. The molecule has 1 N–H and O–H groups in total. The van der Waals surface area contributed by atoms with Gasteiger partial charge in [-0.2, -0.15) is 0 Å². The van der Waals surface area contributed by atoms with Crippen LogP contribution in [0.4, 0.5) is 4.39 Å². The molecular weight excluding hydrogens is 277 g/mol. The number of nitrogens with zero attached hydrogens (tertiary/aromatic N) is 3. The smallest absolute Gasteiger partial charge is 0.358 e. The van der Waals surface area contributed by atoms with Crippen LogP contribution in [0.3, 0.4) is 0 Å². The number of halogens is 1. The second-order valence-electron chi connectivity index (χ2n) is 5.01. The maximum atomic E-state index is 13.0. The van der Waals surface area contributed by atoms with Gasteiger partial charge in [0.05, 0.1) is 6.61 Å². The van der Waals surface area contributed by atoms with Crippen LogP contribution >= 0.6 is 0 Å². The van der Waals surface area contributed by atoms with Gasteiger partial charge in [0, 0.05) is 24.6 Å². The summed E-state index contributed by atoms with van der Waals surface area (Å²) in [7, 11) is 0. The van der Waals surface area contributed by atoms with Crippen LogP contribution in [0.15, 0.2) is 24.3 Å². The van der Waals surface area contributed by atoms with Gasteiger partial charge < -0.3 is 9.84 Å². The van der Waals surface area contributed by atoms with Crippen molar-refractivity contribution < 1.29 is 19.0 Å². The Bertz CT molecular complexity index is 648. The van der Waals surface area contributed by atoms with Crippen LogP contribution < -0.4 is 0 Å². The Balaban J connectivity index is 2.00. The highest BCUT2D eigenvalue weighted by molar-refractivity contribution is 5.92. The average Bonchev–Trinajstić information content (AvgIpc) is 3.10. The Kier molecular flexibility index (Phi) is 3.66. The topological polar surface area (TPSA) is 77.2 Å². The van der Waals surface area contributed by atoms with Crippen molar-refractivity contribution in [2.45, 2.75) is 13.0 Å². The summed E-state index contributed by atoms with van der Waals surface area (Å²) >= 11 is 0. The van der Waals surface area contributed by atoms with E-state index in [0.717, 1.165) is 6.42 Å². The molecule has 1 unspecified atom stereocenters. The second-order valence-corrected chi connectivity index (χ2v) is 5.01. The Morgan fingerprint density at radius 2 is 2.19 bits per heavy atom. The van der Waals surface area contributed by atoms with Gasteiger partial charge in [-0.15, -0.1) is 5.10 Å². The molecule has 1 fully saturated rings. The number of hydrogen-bond donors (Lipinski definition) is 1. The zero-order valence-corrected chi connectivity index (χ0v) is 11.2. The van der Waals surface area contributed by atoms with Crippen LogP contribution in [0, 0.1) is 11.7 Å². The van der Waals surface area contributed by atoms with E-state index in [1.807, 2.05) is 0 Å². The number of rotatable bonds is 4. The normalized spacial score (nSPS) is 18.0. The van der Waals surface area contributed by atoms with E-state index in [-0.39, 0.29) is 17.4 Å². The Hall–Kier alpha value is -2.28. The van der Waals surface area contributed by atoms with Crippen LogP contribution in [0.5, 0.6) is 0 Å². The van der Waals surface area contributed by atoms with Gasteiger partial charge in [0.2, 0.25) is 0 Å². The minimum atomic E-state index is -1.15. The Morgan fingerprint density at radius 1 is 1.43 bits per heavy atom. The van der Waals surface area contributed by atoms with Gasteiger partial charge >= 0.3 is 5.97 Å². The van der Waals surface area contributed by atoms with E-state index in [2.05, 4.69) is 10.3 Å². The molecule has 110 valence electrons. The molecule has 2 heterocycles. The van der Waals surface area contributed by atoms with Crippen molar-refractivity contribution in [2.24, 2.45) is 5.92 Å². The lowest BCUT2D eigenvalue weighted by atomic mass is 10.1. The van der Waals surface area contributed by atoms with Gasteiger partial charge in [-0.3, -0.25) is 0 Å². The van der Waals surface area contributed by atoms with Gasteiger partial charge in [-0.1, -0.05) is 5.21 Å². The molecular formula is C14H14FN3O3. The van der Waals surface area contributed by atoms with Gasteiger partial charge in [-0.05, 0) is 30.7 Å². The number of carbonyl (C=O) groups is 1. The third-order valence-electron chi connectivity index (χ3n) is 3.51. The van der Waals surface area contributed by atoms with Gasteiger partial charge in [-0.25, -0.2) is 13.9 Å². The molecule has 0 aliphatic carbocycles. The van der Waals surface area contributed by atoms with Crippen molar-refractivity contribution in [3.63, 3.8) is 0 Å². The molecule has 21 heavy (non-hydrogen) atoms. The largest absolute Gasteiger partial charge is 0.476 e. The standard InChI is InChI=1S/C14H14FN3O3/c15-11-3-1-10(2-4-11)13-12(14(19)20)16-17-18(13)7-9-5-6-21-8-9/h1-4,9H,5-8H2,(H,19,20). The molecule has 2 aromatic rings. The minimum absolute atomic E-state index is 0.125. The maximum Gasteiger partial charge on any atom is 0.358 e. The molecule has 1 aromatic carbocycles. The molecule has 1 aliphatic rings. The SMILES string of the molecule is O=C(O)c1nnn(CC2CCOC2)c1-c1ccc(F)cc1. The van der Waals surface area contributed by atoms with Gasteiger partial charge in [0.25, 0.3) is 0 Å². The molecule has 7 heteroatoms. The fraction of sp³-hybridized carbons (Fsp3) is 0.357. The number of aromatic nitrogens is 3. The van der Waals surface area contributed by atoms with Crippen LogP contribution in [0.1, 0.15) is 16.9 Å². The zero-order valence-electron chi connectivity index (χ0n) is 11.2. The summed E-state index contributed by atoms with van der Waals surface area (Å²) in [6.45, 7) is 1.87. The van der Waals surface area contributed by atoms with E-state index in [9.17, 15) is 14.3 Å². The number of aromatic carboxylic acids is 1. The average molecular weight is 291 g/mol. The molecule has 0 spiro atoms. The maximum absolute atomic E-state index is 13.0. The highest BCUT2D eigenvalue weighted by atomic mass is 19.1. The molecule has 0 bridgehead atoms. The predicted molar refractivity (Wildman–Crippen MR) is 71.3 cm³/mol. The Morgan fingerprint density at radius 3 is 2.81 bits per heavy atom. The summed E-state index contributed by atoms with van der Waals surface area (Å²) in [5.41, 5.74) is 0.854. The molecule has 0 saturated carbocycles. The van der Waals surface area contributed by atoms with Crippen molar-refractivity contribution >= 4 is 5.97 Å². The van der Waals surface area contributed by atoms with Crippen molar-refractivity contribution in [1.82, 2.24) is 15.0 Å². The third-order valence-corrected chi connectivity index (χ3v) is 3.51. The van der Waals surface area contributed by atoms with E-state index < -0.39 is 5.97 Å². The molecule has 1 aromatic heterocycles. The molecule has 0 amide bonds. The first-order chi connectivity index (χ1) is 10.1. The lowest BCUT2D eigenvalue weighted by Gasteiger charge is -2.11. The number of ether oxygens (including phenoxy) is 1. The fourth-order valence-electron chi connectivity index (χ4n) is 2.45. The number of benzene rings is 1. The van der Waals surface area contributed by atoms with E-state index in [1.54, 1.807) is 4.68 Å². The molecule has 1 atom stereocenters. The number of hydrogen-bond acceptors (Lipinski definition) is 4. The van der Waals surface area contributed by atoms with Crippen molar-refractivity contribution in [3.05, 3.63) is 35.8 Å². The number of carboxylic acid groups (broad SMARTS) is 1. The minimum Gasteiger partial charge on any atom is -0.476 e. The lowest BCUT2D eigenvalue weighted by Crippen LogP contribution is -2.13.